The van der Waals surface area contributed by atoms with E-state index < -0.39 is 0 Å². The molecule has 0 saturated heterocycles. The van der Waals surface area contributed by atoms with Gasteiger partial charge in [-0.3, -0.25) is 0 Å². The van der Waals surface area contributed by atoms with Gasteiger partial charge in [-0.1, -0.05) is 17.7 Å². The summed E-state index contributed by atoms with van der Waals surface area (Å²) in [5, 5.41) is 5.02. The summed E-state index contributed by atoms with van der Waals surface area (Å²) >= 11 is 9.09. The van der Waals surface area contributed by atoms with Crippen LogP contribution in [0.2, 0.25) is 5.02 Å². The Labute approximate surface area is 129 Å². The smallest absolute Gasteiger partial charge is 0.139 e. The van der Waals surface area contributed by atoms with Gasteiger partial charge in [0, 0.05) is 34.4 Å². The monoisotopic (exact) mass is 352 g/mol. The zero-order valence-corrected chi connectivity index (χ0v) is 12.7. The first kappa shape index (κ1) is 13.5. The Kier molecular flexibility index (Phi) is 3.68. The first-order valence-electron chi connectivity index (χ1n) is 6.08. The molecule has 0 atom stereocenters. The van der Waals surface area contributed by atoms with Crippen LogP contribution in [0.1, 0.15) is 5.56 Å². The van der Waals surface area contributed by atoms with Crippen LogP contribution in [0.15, 0.2) is 47.1 Å². The third-order valence-electron chi connectivity index (χ3n) is 3.13. The van der Waals surface area contributed by atoms with Crippen molar-refractivity contribution < 1.29 is 4.39 Å². The van der Waals surface area contributed by atoms with E-state index in [0.717, 1.165) is 22.2 Å². The molecule has 0 spiro atoms. The molecule has 20 heavy (non-hydrogen) atoms. The van der Waals surface area contributed by atoms with Crippen LogP contribution in [0.5, 0.6) is 0 Å². The van der Waals surface area contributed by atoms with Gasteiger partial charge in [-0.15, -0.1) is 0 Å². The van der Waals surface area contributed by atoms with Crippen LogP contribution in [0.25, 0.3) is 10.9 Å². The molecular weight excluding hydrogens is 343 g/mol. The predicted octanol–water partition coefficient (Wildman–Crippen LogP) is 5.34. The summed E-state index contributed by atoms with van der Waals surface area (Å²) in [5.74, 6) is -0.277. The standard InChI is InChI=1S/C15H11BrClFN2/c16-13-4-2-11(6-14(13)18)19-7-9-8-20-15-5-10(17)1-3-12(9)15/h1-6,8,19-20H,7H2. The second-order valence-electron chi connectivity index (χ2n) is 4.49. The van der Waals surface area contributed by atoms with E-state index in [1.165, 1.54) is 6.07 Å². The van der Waals surface area contributed by atoms with Crippen molar-refractivity contribution in [3.8, 4) is 0 Å². The van der Waals surface area contributed by atoms with E-state index in [9.17, 15) is 4.39 Å². The van der Waals surface area contributed by atoms with E-state index in [1.54, 1.807) is 6.07 Å². The molecule has 0 aliphatic carbocycles. The summed E-state index contributed by atoms with van der Waals surface area (Å²) in [7, 11) is 0. The summed E-state index contributed by atoms with van der Waals surface area (Å²) in [6.07, 6.45) is 1.93. The average molecular weight is 354 g/mol. The Hall–Kier alpha value is -1.52. The molecular formula is C15H11BrClFN2. The fourth-order valence-electron chi connectivity index (χ4n) is 2.11. The first-order chi connectivity index (χ1) is 9.63. The molecule has 0 aliphatic heterocycles. The molecule has 0 radical (unpaired) electrons. The SMILES string of the molecule is Fc1cc(NCc2c[nH]c3cc(Cl)ccc23)ccc1Br. The number of hydrogen-bond donors (Lipinski definition) is 2. The zero-order valence-electron chi connectivity index (χ0n) is 10.4. The van der Waals surface area contributed by atoms with E-state index in [1.807, 2.05) is 30.5 Å². The van der Waals surface area contributed by atoms with Gasteiger partial charge in [-0.05, 0) is 51.8 Å². The van der Waals surface area contributed by atoms with Crippen LogP contribution in [0, 0.1) is 5.82 Å². The maximum atomic E-state index is 13.4. The van der Waals surface area contributed by atoms with Crippen molar-refractivity contribution in [3.63, 3.8) is 0 Å². The Morgan fingerprint density at radius 2 is 2.05 bits per heavy atom. The van der Waals surface area contributed by atoms with Crippen molar-refractivity contribution >= 4 is 44.1 Å². The van der Waals surface area contributed by atoms with E-state index in [0.29, 0.717) is 16.0 Å². The molecule has 0 fully saturated rings. The highest BCUT2D eigenvalue weighted by molar-refractivity contribution is 9.10. The van der Waals surface area contributed by atoms with Crippen LogP contribution in [0.4, 0.5) is 10.1 Å². The molecule has 2 nitrogen and oxygen atoms in total. The molecule has 0 bridgehead atoms. The van der Waals surface area contributed by atoms with Gasteiger partial charge in [0.15, 0.2) is 0 Å². The lowest BCUT2D eigenvalue weighted by atomic mass is 10.1. The van der Waals surface area contributed by atoms with Gasteiger partial charge in [-0.2, -0.15) is 0 Å². The quantitative estimate of drug-likeness (QED) is 0.654. The Balaban J connectivity index is 1.81. The Bertz CT molecular complexity index is 770. The molecule has 2 N–H and O–H groups in total. The Morgan fingerprint density at radius 1 is 1.20 bits per heavy atom. The van der Waals surface area contributed by atoms with E-state index in [-0.39, 0.29) is 5.82 Å². The number of H-pyrrole nitrogens is 1. The number of nitrogens with one attached hydrogen (secondary N) is 2. The minimum atomic E-state index is -0.277. The van der Waals surface area contributed by atoms with Crippen molar-refractivity contribution in [2.75, 3.05) is 5.32 Å². The lowest BCUT2D eigenvalue weighted by molar-refractivity contribution is 0.621. The summed E-state index contributed by atoms with van der Waals surface area (Å²) in [6.45, 7) is 0.614. The van der Waals surface area contributed by atoms with Gasteiger partial charge >= 0.3 is 0 Å². The van der Waals surface area contributed by atoms with Crippen molar-refractivity contribution in [3.05, 3.63) is 63.5 Å². The summed E-state index contributed by atoms with van der Waals surface area (Å²) in [4.78, 5) is 3.18. The van der Waals surface area contributed by atoms with Crippen LogP contribution < -0.4 is 5.32 Å². The van der Waals surface area contributed by atoms with Gasteiger partial charge in [-0.25, -0.2) is 4.39 Å². The third kappa shape index (κ3) is 2.67. The molecule has 0 amide bonds. The topological polar surface area (TPSA) is 27.8 Å². The van der Waals surface area contributed by atoms with Crippen LogP contribution in [-0.4, -0.2) is 4.98 Å². The minimum absolute atomic E-state index is 0.277. The van der Waals surface area contributed by atoms with E-state index >= 15 is 0 Å². The summed E-state index contributed by atoms with van der Waals surface area (Å²) < 4.78 is 13.9. The minimum Gasteiger partial charge on any atom is -0.381 e. The largest absolute Gasteiger partial charge is 0.381 e. The molecule has 0 unspecified atom stereocenters. The van der Waals surface area contributed by atoms with Crippen molar-refractivity contribution in [2.24, 2.45) is 0 Å². The Morgan fingerprint density at radius 3 is 2.85 bits per heavy atom. The maximum absolute atomic E-state index is 13.4. The van der Waals surface area contributed by atoms with Crippen LogP contribution in [0.3, 0.4) is 0 Å². The molecule has 3 rings (SSSR count). The number of aromatic amines is 1. The zero-order chi connectivity index (χ0) is 14.1. The summed E-state index contributed by atoms with van der Waals surface area (Å²) in [5.41, 5.74) is 2.85. The lowest BCUT2D eigenvalue weighted by Gasteiger charge is -2.06. The fourth-order valence-corrected chi connectivity index (χ4v) is 2.53. The maximum Gasteiger partial charge on any atom is 0.139 e. The van der Waals surface area contributed by atoms with Crippen molar-refractivity contribution in [1.82, 2.24) is 4.98 Å². The fraction of sp³-hybridized carbons (Fsp3) is 0.0667. The highest BCUT2D eigenvalue weighted by Gasteiger charge is 2.05. The predicted molar refractivity (Wildman–Crippen MR) is 84.7 cm³/mol. The normalized spacial score (nSPS) is 10.9. The van der Waals surface area contributed by atoms with Gasteiger partial charge in [0.1, 0.15) is 5.82 Å². The average Bonchev–Trinajstić information content (AvgIpc) is 2.82. The molecule has 0 saturated carbocycles. The number of rotatable bonds is 3. The molecule has 1 aromatic heterocycles. The number of halogens is 3. The van der Waals surface area contributed by atoms with Crippen molar-refractivity contribution in [2.45, 2.75) is 6.54 Å². The number of anilines is 1. The van der Waals surface area contributed by atoms with Gasteiger partial charge < -0.3 is 10.3 Å². The first-order valence-corrected chi connectivity index (χ1v) is 7.25. The van der Waals surface area contributed by atoms with E-state index in [4.69, 9.17) is 11.6 Å². The van der Waals surface area contributed by atoms with Crippen LogP contribution in [-0.2, 0) is 6.54 Å². The molecule has 5 heteroatoms. The van der Waals surface area contributed by atoms with Crippen molar-refractivity contribution in [1.29, 1.82) is 0 Å². The lowest BCUT2D eigenvalue weighted by Crippen LogP contribution is -1.99. The third-order valence-corrected chi connectivity index (χ3v) is 4.01. The van der Waals surface area contributed by atoms with Gasteiger partial charge in [0.05, 0.1) is 4.47 Å². The highest BCUT2D eigenvalue weighted by Crippen LogP contribution is 2.24. The highest BCUT2D eigenvalue weighted by atomic mass is 79.9. The van der Waals surface area contributed by atoms with Crippen LogP contribution >= 0.6 is 27.5 Å². The molecule has 3 aromatic rings. The number of hydrogen-bond acceptors (Lipinski definition) is 1. The number of benzene rings is 2. The molecule has 2 aromatic carbocycles. The number of fused-ring (bicyclic) bond motifs is 1. The molecule has 1 heterocycles. The van der Waals surface area contributed by atoms with Gasteiger partial charge in [0.2, 0.25) is 0 Å². The number of aromatic nitrogens is 1. The van der Waals surface area contributed by atoms with Gasteiger partial charge in [0.25, 0.3) is 0 Å². The van der Waals surface area contributed by atoms with E-state index in [2.05, 4.69) is 26.2 Å². The second kappa shape index (κ2) is 5.46. The summed E-state index contributed by atoms with van der Waals surface area (Å²) in [6, 6.07) is 10.7. The molecule has 102 valence electrons. The molecule has 0 aliphatic rings. The second-order valence-corrected chi connectivity index (χ2v) is 5.78.